The van der Waals surface area contributed by atoms with Crippen LogP contribution in [0, 0.1) is 5.41 Å². The Bertz CT molecular complexity index is 189. The van der Waals surface area contributed by atoms with E-state index in [-0.39, 0.29) is 0 Å². The quantitative estimate of drug-likeness (QED) is 0.775. The zero-order valence-corrected chi connectivity index (χ0v) is 11.7. The molecular formula is C14H30N2. The Hall–Kier alpha value is -0.0800. The van der Waals surface area contributed by atoms with Crippen LogP contribution in [0.25, 0.3) is 0 Å². The monoisotopic (exact) mass is 226 g/mol. The summed E-state index contributed by atoms with van der Waals surface area (Å²) in [6.07, 6.45) is 5.36. The molecule has 0 aromatic rings. The molecule has 0 radical (unpaired) electrons. The van der Waals surface area contributed by atoms with Gasteiger partial charge in [-0.05, 0) is 50.7 Å². The third kappa shape index (κ3) is 4.84. The molecule has 1 saturated heterocycles. The van der Waals surface area contributed by atoms with E-state index in [4.69, 9.17) is 0 Å². The van der Waals surface area contributed by atoms with Crippen LogP contribution in [-0.4, -0.2) is 37.1 Å². The van der Waals surface area contributed by atoms with Gasteiger partial charge in [-0.1, -0.05) is 27.7 Å². The first-order chi connectivity index (χ1) is 7.57. The van der Waals surface area contributed by atoms with E-state index < -0.39 is 0 Å². The molecular weight excluding hydrogens is 196 g/mol. The van der Waals surface area contributed by atoms with Gasteiger partial charge in [0, 0.05) is 12.6 Å². The Balaban J connectivity index is 2.36. The third-order valence-corrected chi connectivity index (χ3v) is 3.90. The van der Waals surface area contributed by atoms with Crippen LogP contribution in [0.5, 0.6) is 0 Å². The van der Waals surface area contributed by atoms with Crippen LogP contribution in [0.4, 0.5) is 0 Å². The van der Waals surface area contributed by atoms with Gasteiger partial charge in [-0.25, -0.2) is 0 Å². The lowest BCUT2D eigenvalue weighted by Gasteiger charge is -2.27. The van der Waals surface area contributed by atoms with Crippen LogP contribution in [0.2, 0.25) is 0 Å². The van der Waals surface area contributed by atoms with Gasteiger partial charge < -0.3 is 10.2 Å². The summed E-state index contributed by atoms with van der Waals surface area (Å²) < 4.78 is 0. The lowest BCUT2D eigenvalue weighted by molar-refractivity contribution is 0.235. The van der Waals surface area contributed by atoms with Crippen LogP contribution < -0.4 is 5.32 Å². The summed E-state index contributed by atoms with van der Waals surface area (Å²) in [6.45, 7) is 14.2. The molecule has 0 aromatic carbocycles. The van der Waals surface area contributed by atoms with Crippen molar-refractivity contribution in [3.63, 3.8) is 0 Å². The molecule has 1 fully saturated rings. The predicted molar refractivity (Wildman–Crippen MR) is 71.8 cm³/mol. The Labute approximate surface area is 102 Å². The fraction of sp³-hybridized carbons (Fsp3) is 1.00. The van der Waals surface area contributed by atoms with Crippen molar-refractivity contribution in [2.45, 2.75) is 59.4 Å². The molecule has 0 aromatic heterocycles. The van der Waals surface area contributed by atoms with Crippen LogP contribution in [-0.2, 0) is 0 Å². The highest BCUT2D eigenvalue weighted by Gasteiger charge is 2.23. The Morgan fingerprint density at radius 1 is 1.19 bits per heavy atom. The largest absolute Gasteiger partial charge is 0.313 e. The zero-order chi connectivity index (χ0) is 12.0. The summed E-state index contributed by atoms with van der Waals surface area (Å²) in [5.74, 6) is 0. The van der Waals surface area contributed by atoms with Crippen molar-refractivity contribution in [1.29, 1.82) is 0 Å². The minimum Gasteiger partial charge on any atom is -0.313 e. The maximum absolute atomic E-state index is 3.58. The summed E-state index contributed by atoms with van der Waals surface area (Å²) in [5.41, 5.74) is 0.564. The van der Waals surface area contributed by atoms with E-state index in [0.717, 1.165) is 6.54 Å². The first-order valence-corrected chi connectivity index (χ1v) is 7.03. The van der Waals surface area contributed by atoms with Gasteiger partial charge in [-0.3, -0.25) is 0 Å². The molecule has 1 heterocycles. The average molecular weight is 226 g/mol. The maximum atomic E-state index is 3.58. The topological polar surface area (TPSA) is 15.3 Å². The number of hydrogen-bond donors (Lipinski definition) is 1. The number of nitrogens with zero attached hydrogens (tertiary/aromatic N) is 1. The van der Waals surface area contributed by atoms with Crippen LogP contribution in [0.1, 0.15) is 53.4 Å². The standard InChI is InChI=1S/C14H30N2/c1-5-13(15-6-2)12-16-10-7-8-14(3,4)9-11-16/h13,15H,5-12H2,1-4H3. The fourth-order valence-electron chi connectivity index (χ4n) is 2.60. The Morgan fingerprint density at radius 2 is 1.94 bits per heavy atom. The Morgan fingerprint density at radius 3 is 2.56 bits per heavy atom. The van der Waals surface area contributed by atoms with Crippen LogP contribution >= 0.6 is 0 Å². The molecule has 0 aliphatic carbocycles. The molecule has 16 heavy (non-hydrogen) atoms. The second kappa shape index (κ2) is 6.61. The van der Waals surface area contributed by atoms with Crippen LogP contribution in [0.3, 0.4) is 0 Å². The van der Waals surface area contributed by atoms with Crippen molar-refractivity contribution in [3.05, 3.63) is 0 Å². The van der Waals surface area contributed by atoms with Gasteiger partial charge in [0.1, 0.15) is 0 Å². The van der Waals surface area contributed by atoms with E-state index in [0.29, 0.717) is 11.5 Å². The highest BCUT2D eigenvalue weighted by Crippen LogP contribution is 2.29. The maximum Gasteiger partial charge on any atom is 0.0192 e. The molecule has 0 saturated carbocycles. The van der Waals surface area contributed by atoms with Gasteiger partial charge in [-0.15, -0.1) is 0 Å². The van der Waals surface area contributed by atoms with Gasteiger partial charge in [0.25, 0.3) is 0 Å². The van der Waals surface area contributed by atoms with Crippen molar-refractivity contribution in [2.75, 3.05) is 26.2 Å². The molecule has 0 bridgehead atoms. The molecule has 1 atom stereocenters. The van der Waals surface area contributed by atoms with E-state index in [2.05, 4.69) is 37.9 Å². The number of likely N-dealkylation sites (tertiary alicyclic amines) is 1. The molecule has 0 amide bonds. The van der Waals surface area contributed by atoms with Gasteiger partial charge in [-0.2, -0.15) is 0 Å². The molecule has 2 nitrogen and oxygen atoms in total. The summed E-state index contributed by atoms with van der Waals surface area (Å²) in [7, 11) is 0. The molecule has 0 spiro atoms. The fourth-order valence-corrected chi connectivity index (χ4v) is 2.60. The van der Waals surface area contributed by atoms with Gasteiger partial charge >= 0.3 is 0 Å². The molecule has 1 N–H and O–H groups in total. The van der Waals surface area contributed by atoms with Crippen molar-refractivity contribution in [3.8, 4) is 0 Å². The summed E-state index contributed by atoms with van der Waals surface area (Å²) in [4.78, 5) is 2.66. The number of hydrogen-bond acceptors (Lipinski definition) is 2. The average Bonchev–Trinajstić information content (AvgIpc) is 2.40. The molecule has 1 aliphatic heterocycles. The van der Waals surface area contributed by atoms with Gasteiger partial charge in [0.15, 0.2) is 0 Å². The number of likely N-dealkylation sites (N-methyl/N-ethyl adjacent to an activating group) is 1. The normalized spacial score (nSPS) is 24.0. The van der Waals surface area contributed by atoms with Gasteiger partial charge in [0.2, 0.25) is 0 Å². The minimum atomic E-state index is 0.564. The van der Waals surface area contributed by atoms with Crippen molar-refractivity contribution in [2.24, 2.45) is 5.41 Å². The first-order valence-electron chi connectivity index (χ1n) is 7.03. The SMILES string of the molecule is CCNC(CC)CN1CCCC(C)(C)CC1. The lowest BCUT2D eigenvalue weighted by atomic mass is 9.85. The van der Waals surface area contributed by atoms with E-state index >= 15 is 0 Å². The van der Waals surface area contributed by atoms with Crippen molar-refractivity contribution in [1.82, 2.24) is 10.2 Å². The number of nitrogens with one attached hydrogen (secondary N) is 1. The molecule has 1 rings (SSSR count). The van der Waals surface area contributed by atoms with Gasteiger partial charge in [0.05, 0.1) is 0 Å². The highest BCUT2D eigenvalue weighted by atomic mass is 15.1. The van der Waals surface area contributed by atoms with Crippen molar-refractivity contribution >= 4 is 0 Å². The lowest BCUT2D eigenvalue weighted by Crippen LogP contribution is -2.41. The van der Waals surface area contributed by atoms with Crippen molar-refractivity contribution < 1.29 is 0 Å². The molecule has 96 valence electrons. The zero-order valence-electron chi connectivity index (χ0n) is 11.7. The summed E-state index contributed by atoms with van der Waals surface area (Å²) in [6, 6.07) is 0.686. The van der Waals surface area contributed by atoms with E-state index in [1.807, 2.05) is 0 Å². The highest BCUT2D eigenvalue weighted by molar-refractivity contribution is 4.78. The second-order valence-electron chi connectivity index (χ2n) is 5.98. The molecule has 1 aliphatic rings. The summed E-state index contributed by atoms with van der Waals surface area (Å²) in [5, 5.41) is 3.58. The van der Waals surface area contributed by atoms with E-state index in [1.54, 1.807) is 0 Å². The minimum absolute atomic E-state index is 0.564. The van der Waals surface area contributed by atoms with E-state index in [9.17, 15) is 0 Å². The Kier molecular flexibility index (Phi) is 5.77. The van der Waals surface area contributed by atoms with E-state index in [1.165, 1.54) is 45.3 Å². The second-order valence-corrected chi connectivity index (χ2v) is 5.98. The van der Waals surface area contributed by atoms with Crippen LogP contribution in [0.15, 0.2) is 0 Å². The third-order valence-electron chi connectivity index (χ3n) is 3.90. The molecule has 1 unspecified atom stereocenters. The number of rotatable bonds is 5. The predicted octanol–water partition coefficient (Wildman–Crippen LogP) is 2.89. The smallest absolute Gasteiger partial charge is 0.0192 e. The first kappa shape index (κ1) is 14.0. The molecule has 2 heteroatoms. The summed E-state index contributed by atoms with van der Waals surface area (Å²) >= 11 is 0.